The maximum Gasteiger partial charge on any atom is 0.0465 e. The molecule has 0 aliphatic heterocycles. The summed E-state index contributed by atoms with van der Waals surface area (Å²) in [5.74, 6) is 0. The van der Waals surface area contributed by atoms with Gasteiger partial charge in [-0.25, -0.2) is 0 Å². The summed E-state index contributed by atoms with van der Waals surface area (Å²) in [4.78, 5) is 4.85. The minimum atomic E-state index is 0.694. The van der Waals surface area contributed by atoms with Crippen molar-refractivity contribution in [2.45, 2.75) is 27.3 Å². The van der Waals surface area contributed by atoms with Crippen LogP contribution in [0.2, 0.25) is 10.0 Å². The molecule has 0 saturated carbocycles. The van der Waals surface area contributed by atoms with Crippen molar-refractivity contribution in [2.24, 2.45) is 0 Å². The summed E-state index contributed by atoms with van der Waals surface area (Å²) in [5.41, 5.74) is 1.15. The van der Waals surface area contributed by atoms with E-state index < -0.39 is 0 Å². The molecule has 108 valence electrons. The Balaban J connectivity index is 2.56. The van der Waals surface area contributed by atoms with Crippen molar-refractivity contribution < 1.29 is 0 Å². The Morgan fingerprint density at radius 2 is 1.47 bits per heavy atom. The minimum Gasteiger partial charge on any atom is -0.303 e. The lowest BCUT2D eigenvalue weighted by molar-refractivity contribution is 0.215. The van der Waals surface area contributed by atoms with Gasteiger partial charge in [0.15, 0.2) is 0 Å². The first-order valence-corrected chi connectivity index (χ1v) is 7.74. The lowest BCUT2D eigenvalue weighted by Crippen LogP contribution is -2.34. The molecule has 0 N–H and O–H groups in total. The minimum absolute atomic E-state index is 0.694. The van der Waals surface area contributed by atoms with E-state index in [0.717, 1.165) is 49.9 Å². The summed E-state index contributed by atoms with van der Waals surface area (Å²) in [6.45, 7) is 12.9. The van der Waals surface area contributed by atoms with Crippen LogP contribution in [-0.2, 0) is 6.54 Å². The van der Waals surface area contributed by atoms with E-state index in [4.69, 9.17) is 23.2 Å². The Kier molecular flexibility index (Phi) is 7.77. The van der Waals surface area contributed by atoms with Crippen molar-refractivity contribution in [1.82, 2.24) is 9.80 Å². The maximum absolute atomic E-state index is 6.23. The number of nitrogens with zero attached hydrogens (tertiary/aromatic N) is 2. The van der Waals surface area contributed by atoms with Gasteiger partial charge in [-0.2, -0.15) is 0 Å². The quantitative estimate of drug-likeness (QED) is 0.711. The monoisotopic (exact) mass is 302 g/mol. The smallest absolute Gasteiger partial charge is 0.0465 e. The average Bonchev–Trinajstić information content (AvgIpc) is 2.41. The summed E-state index contributed by atoms with van der Waals surface area (Å²) < 4.78 is 0. The molecule has 0 aromatic heterocycles. The molecule has 4 heteroatoms. The number of rotatable bonds is 8. The van der Waals surface area contributed by atoms with Crippen molar-refractivity contribution in [2.75, 3.05) is 32.7 Å². The zero-order valence-corrected chi connectivity index (χ0v) is 13.6. The van der Waals surface area contributed by atoms with Crippen LogP contribution in [-0.4, -0.2) is 42.5 Å². The van der Waals surface area contributed by atoms with Crippen LogP contribution in [0.4, 0.5) is 0 Å². The Morgan fingerprint density at radius 1 is 0.895 bits per heavy atom. The van der Waals surface area contributed by atoms with Crippen molar-refractivity contribution in [3.63, 3.8) is 0 Å². The van der Waals surface area contributed by atoms with Crippen molar-refractivity contribution in [3.05, 3.63) is 33.8 Å². The molecule has 0 fully saturated rings. The van der Waals surface area contributed by atoms with Gasteiger partial charge >= 0.3 is 0 Å². The van der Waals surface area contributed by atoms with Gasteiger partial charge in [-0.15, -0.1) is 0 Å². The predicted molar refractivity (Wildman–Crippen MR) is 85.2 cm³/mol. The fourth-order valence-electron chi connectivity index (χ4n) is 2.06. The van der Waals surface area contributed by atoms with Crippen molar-refractivity contribution in [1.29, 1.82) is 0 Å². The van der Waals surface area contributed by atoms with Gasteiger partial charge in [-0.3, -0.25) is 4.90 Å². The number of halogens is 2. The second kappa shape index (κ2) is 8.80. The Hall–Kier alpha value is -0.280. The Morgan fingerprint density at radius 3 is 2.00 bits per heavy atom. The van der Waals surface area contributed by atoms with Gasteiger partial charge in [0.2, 0.25) is 0 Å². The normalized spacial score (nSPS) is 11.5. The van der Waals surface area contributed by atoms with Gasteiger partial charge in [0.25, 0.3) is 0 Å². The highest BCUT2D eigenvalue weighted by atomic mass is 35.5. The molecule has 0 atom stereocenters. The van der Waals surface area contributed by atoms with Crippen molar-refractivity contribution >= 4 is 23.2 Å². The van der Waals surface area contributed by atoms with E-state index in [-0.39, 0.29) is 0 Å². The van der Waals surface area contributed by atoms with Gasteiger partial charge in [0.1, 0.15) is 0 Å². The van der Waals surface area contributed by atoms with E-state index in [0.29, 0.717) is 5.02 Å². The van der Waals surface area contributed by atoms with E-state index in [1.165, 1.54) is 0 Å². The molecule has 0 radical (unpaired) electrons. The van der Waals surface area contributed by atoms with Crippen LogP contribution in [0.15, 0.2) is 18.2 Å². The zero-order chi connectivity index (χ0) is 14.3. The summed E-state index contributed by atoms with van der Waals surface area (Å²) in [5, 5.41) is 1.45. The topological polar surface area (TPSA) is 6.48 Å². The maximum atomic E-state index is 6.23. The molecule has 0 saturated heterocycles. The number of hydrogen-bond acceptors (Lipinski definition) is 2. The van der Waals surface area contributed by atoms with Gasteiger partial charge in [-0.05, 0) is 37.3 Å². The third kappa shape index (κ3) is 5.70. The fourth-order valence-corrected chi connectivity index (χ4v) is 2.53. The van der Waals surface area contributed by atoms with Crippen molar-refractivity contribution in [3.8, 4) is 0 Å². The highest BCUT2D eigenvalue weighted by Gasteiger charge is 2.09. The molecular weight excluding hydrogens is 279 g/mol. The molecule has 1 rings (SSSR count). The number of benzene rings is 1. The fraction of sp³-hybridized carbons (Fsp3) is 0.600. The van der Waals surface area contributed by atoms with Gasteiger partial charge in [0, 0.05) is 29.7 Å². The molecular formula is C15H24Cl2N2. The number of hydrogen-bond donors (Lipinski definition) is 0. The molecule has 1 aromatic rings. The van der Waals surface area contributed by atoms with Crippen LogP contribution < -0.4 is 0 Å². The number of likely N-dealkylation sites (N-methyl/N-ethyl adjacent to an activating group) is 2. The zero-order valence-electron chi connectivity index (χ0n) is 12.1. The first-order valence-electron chi connectivity index (χ1n) is 6.99. The van der Waals surface area contributed by atoms with Crippen LogP contribution in [0.1, 0.15) is 26.3 Å². The Bertz CT molecular complexity index is 378. The first kappa shape index (κ1) is 16.8. The van der Waals surface area contributed by atoms with Crippen LogP contribution in [0.5, 0.6) is 0 Å². The molecule has 0 bridgehead atoms. The van der Waals surface area contributed by atoms with Gasteiger partial charge in [0.05, 0.1) is 0 Å². The van der Waals surface area contributed by atoms with Crippen LogP contribution in [0.25, 0.3) is 0 Å². The van der Waals surface area contributed by atoms with Crippen LogP contribution >= 0.6 is 23.2 Å². The highest BCUT2D eigenvalue weighted by molar-refractivity contribution is 6.35. The van der Waals surface area contributed by atoms with E-state index in [9.17, 15) is 0 Å². The molecule has 1 aromatic carbocycles. The lowest BCUT2D eigenvalue weighted by Gasteiger charge is -2.25. The molecule has 0 aliphatic rings. The summed E-state index contributed by atoms with van der Waals surface area (Å²) in [6, 6.07) is 5.74. The molecule has 2 nitrogen and oxygen atoms in total. The van der Waals surface area contributed by atoms with Gasteiger partial charge in [-0.1, -0.05) is 50.0 Å². The molecule has 0 heterocycles. The highest BCUT2D eigenvalue weighted by Crippen LogP contribution is 2.22. The second-order valence-electron chi connectivity index (χ2n) is 4.63. The van der Waals surface area contributed by atoms with E-state index in [1.54, 1.807) is 0 Å². The summed E-state index contributed by atoms with van der Waals surface area (Å²) in [6.07, 6.45) is 0. The molecule has 0 unspecified atom stereocenters. The standard InChI is InChI=1S/C15H24Cl2N2/c1-4-18(5-2)9-10-19(6-3)12-13-7-8-14(16)11-15(13)17/h7-8,11H,4-6,9-10,12H2,1-3H3. The molecule has 0 aliphatic carbocycles. The summed E-state index contributed by atoms with van der Waals surface area (Å²) >= 11 is 12.1. The average molecular weight is 303 g/mol. The second-order valence-corrected chi connectivity index (χ2v) is 5.48. The SMILES string of the molecule is CCN(CC)CCN(CC)Cc1ccc(Cl)cc1Cl. The third-order valence-corrected chi connectivity index (χ3v) is 4.07. The van der Waals surface area contributed by atoms with E-state index in [1.807, 2.05) is 18.2 Å². The Labute approximate surface area is 127 Å². The van der Waals surface area contributed by atoms with E-state index >= 15 is 0 Å². The molecule has 0 amide bonds. The molecule has 0 spiro atoms. The largest absolute Gasteiger partial charge is 0.303 e. The molecule has 19 heavy (non-hydrogen) atoms. The third-order valence-electron chi connectivity index (χ3n) is 3.48. The van der Waals surface area contributed by atoms with E-state index in [2.05, 4.69) is 30.6 Å². The van der Waals surface area contributed by atoms with Crippen LogP contribution in [0, 0.1) is 0 Å². The first-order chi connectivity index (χ1) is 9.10. The summed E-state index contributed by atoms with van der Waals surface area (Å²) in [7, 11) is 0. The van der Waals surface area contributed by atoms with Crippen LogP contribution in [0.3, 0.4) is 0 Å². The predicted octanol–water partition coefficient (Wildman–Crippen LogP) is 4.16. The lowest BCUT2D eigenvalue weighted by atomic mass is 10.2. The van der Waals surface area contributed by atoms with Gasteiger partial charge < -0.3 is 4.90 Å².